The molecule has 1 aliphatic heterocycles. The van der Waals surface area contributed by atoms with Crippen molar-refractivity contribution in [3.63, 3.8) is 0 Å². The molecule has 1 saturated heterocycles. The number of imide groups is 1. The fourth-order valence-corrected chi connectivity index (χ4v) is 4.44. The Morgan fingerprint density at radius 2 is 1.75 bits per heavy atom. The van der Waals surface area contributed by atoms with Crippen molar-refractivity contribution in [1.82, 2.24) is 4.90 Å². The molecule has 0 bridgehead atoms. The normalized spacial score (nSPS) is 14.8. The predicted octanol–water partition coefficient (Wildman–Crippen LogP) is 6.56. The molecule has 0 spiro atoms. The SMILES string of the molecule is O=C(Oc1ccc(Br)cc1/C=C1\SC(=O)N(Cc2ccccc2Cl)C1=O)c1ccccc1. The van der Waals surface area contributed by atoms with E-state index in [9.17, 15) is 14.4 Å². The maximum absolute atomic E-state index is 12.9. The molecule has 5 nitrogen and oxygen atoms in total. The van der Waals surface area contributed by atoms with Crippen molar-refractivity contribution in [3.05, 3.63) is 104 Å². The predicted molar refractivity (Wildman–Crippen MR) is 129 cm³/mol. The number of amides is 2. The van der Waals surface area contributed by atoms with Gasteiger partial charge < -0.3 is 4.74 Å². The quantitative estimate of drug-likeness (QED) is 0.213. The first-order valence-electron chi connectivity index (χ1n) is 9.48. The van der Waals surface area contributed by atoms with Gasteiger partial charge in [-0.15, -0.1) is 0 Å². The van der Waals surface area contributed by atoms with Crippen molar-refractivity contribution in [3.8, 4) is 5.75 Å². The van der Waals surface area contributed by atoms with E-state index >= 15 is 0 Å². The van der Waals surface area contributed by atoms with Gasteiger partial charge in [-0.3, -0.25) is 14.5 Å². The third-order valence-electron chi connectivity index (χ3n) is 4.63. The Bertz CT molecular complexity index is 1250. The molecule has 160 valence electrons. The number of rotatable bonds is 5. The summed E-state index contributed by atoms with van der Waals surface area (Å²) in [6.45, 7) is 0.0794. The van der Waals surface area contributed by atoms with Gasteiger partial charge in [0.25, 0.3) is 11.1 Å². The molecule has 0 saturated carbocycles. The van der Waals surface area contributed by atoms with Crippen LogP contribution in [0, 0.1) is 0 Å². The maximum atomic E-state index is 12.9. The van der Waals surface area contributed by atoms with Gasteiger partial charge in [0.1, 0.15) is 5.75 Å². The lowest BCUT2D eigenvalue weighted by Gasteiger charge is -2.13. The smallest absolute Gasteiger partial charge is 0.343 e. The molecule has 4 rings (SSSR count). The van der Waals surface area contributed by atoms with Crippen LogP contribution in [0.3, 0.4) is 0 Å². The van der Waals surface area contributed by atoms with Gasteiger partial charge in [-0.2, -0.15) is 0 Å². The van der Waals surface area contributed by atoms with Crippen molar-refractivity contribution in [2.75, 3.05) is 0 Å². The average molecular weight is 529 g/mol. The number of hydrogen-bond acceptors (Lipinski definition) is 5. The van der Waals surface area contributed by atoms with Crippen LogP contribution in [0.4, 0.5) is 4.79 Å². The lowest BCUT2D eigenvalue weighted by atomic mass is 10.1. The number of carbonyl (C=O) groups is 3. The summed E-state index contributed by atoms with van der Waals surface area (Å²) in [5, 5.41) is 0.0941. The topological polar surface area (TPSA) is 63.7 Å². The van der Waals surface area contributed by atoms with Crippen molar-refractivity contribution in [2.45, 2.75) is 6.54 Å². The minimum Gasteiger partial charge on any atom is -0.422 e. The van der Waals surface area contributed by atoms with E-state index in [4.69, 9.17) is 16.3 Å². The van der Waals surface area contributed by atoms with Gasteiger partial charge in [-0.1, -0.05) is 63.9 Å². The van der Waals surface area contributed by atoms with Gasteiger partial charge in [0.2, 0.25) is 0 Å². The van der Waals surface area contributed by atoms with Crippen LogP contribution in [-0.4, -0.2) is 22.0 Å². The largest absolute Gasteiger partial charge is 0.422 e. The second kappa shape index (κ2) is 9.73. The summed E-state index contributed by atoms with van der Waals surface area (Å²) in [6.07, 6.45) is 1.55. The van der Waals surface area contributed by atoms with E-state index in [0.717, 1.165) is 21.1 Å². The highest BCUT2D eigenvalue weighted by Crippen LogP contribution is 2.36. The lowest BCUT2D eigenvalue weighted by molar-refractivity contribution is -0.123. The van der Waals surface area contributed by atoms with E-state index in [0.29, 0.717) is 21.7 Å². The third-order valence-corrected chi connectivity index (χ3v) is 6.40. The van der Waals surface area contributed by atoms with Crippen molar-refractivity contribution >= 4 is 62.5 Å². The minimum atomic E-state index is -0.519. The van der Waals surface area contributed by atoms with Crippen molar-refractivity contribution in [1.29, 1.82) is 0 Å². The number of hydrogen-bond donors (Lipinski definition) is 0. The second-order valence-electron chi connectivity index (χ2n) is 6.80. The summed E-state index contributed by atoms with van der Waals surface area (Å²) < 4.78 is 6.29. The Hall–Kier alpha value is -2.87. The van der Waals surface area contributed by atoms with Crippen LogP contribution in [-0.2, 0) is 11.3 Å². The molecule has 0 aromatic heterocycles. The first-order chi connectivity index (χ1) is 15.4. The molecule has 1 fully saturated rings. The molecule has 0 unspecified atom stereocenters. The summed E-state index contributed by atoms with van der Waals surface area (Å²) in [4.78, 5) is 39.3. The molecule has 1 aliphatic rings. The van der Waals surface area contributed by atoms with Crippen molar-refractivity contribution < 1.29 is 19.1 Å². The Balaban J connectivity index is 1.60. The number of thioether (sulfide) groups is 1. The van der Waals surface area contributed by atoms with E-state index in [1.165, 1.54) is 0 Å². The maximum Gasteiger partial charge on any atom is 0.343 e. The van der Waals surface area contributed by atoms with E-state index in [1.807, 2.05) is 0 Å². The number of nitrogens with zero attached hydrogens (tertiary/aromatic N) is 1. The number of halogens is 2. The first-order valence-corrected chi connectivity index (χ1v) is 11.5. The molecule has 2 amide bonds. The summed E-state index contributed by atoms with van der Waals surface area (Å²) in [6, 6.07) is 20.7. The van der Waals surface area contributed by atoms with Crippen LogP contribution < -0.4 is 4.74 Å². The minimum absolute atomic E-state index is 0.0794. The number of benzene rings is 3. The summed E-state index contributed by atoms with van der Waals surface area (Å²) in [7, 11) is 0. The number of ether oxygens (including phenoxy) is 1. The van der Waals surface area contributed by atoms with E-state index in [-0.39, 0.29) is 22.4 Å². The van der Waals surface area contributed by atoms with E-state index in [1.54, 1.807) is 78.9 Å². The second-order valence-corrected chi connectivity index (χ2v) is 9.11. The summed E-state index contributed by atoms with van der Waals surface area (Å²) in [5.74, 6) is -0.672. The monoisotopic (exact) mass is 527 g/mol. The molecular weight excluding hydrogens is 514 g/mol. The van der Waals surface area contributed by atoms with E-state index in [2.05, 4.69) is 15.9 Å². The van der Waals surface area contributed by atoms with E-state index < -0.39 is 11.9 Å². The lowest BCUT2D eigenvalue weighted by Crippen LogP contribution is -2.27. The Morgan fingerprint density at radius 3 is 2.50 bits per heavy atom. The van der Waals surface area contributed by atoms with Gasteiger partial charge in [0.05, 0.1) is 17.0 Å². The zero-order valence-electron chi connectivity index (χ0n) is 16.5. The summed E-state index contributed by atoms with van der Waals surface area (Å²) >= 11 is 10.4. The molecule has 3 aromatic rings. The number of esters is 1. The van der Waals surface area contributed by atoms with Crippen LogP contribution in [0.2, 0.25) is 5.02 Å². The highest BCUT2D eigenvalue weighted by molar-refractivity contribution is 9.10. The van der Waals surface area contributed by atoms with Crippen LogP contribution in [0.25, 0.3) is 6.08 Å². The molecule has 0 radical (unpaired) electrons. The highest BCUT2D eigenvalue weighted by atomic mass is 79.9. The van der Waals surface area contributed by atoms with Crippen LogP contribution in [0.5, 0.6) is 5.75 Å². The molecule has 3 aromatic carbocycles. The van der Waals surface area contributed by atoms with Crippen LogP contribution in [0.15, 0.2) is 82.2 Å². The third kappa shape index (κ3) is 4.96. The first kappa shape index (κ1) is 22.3. The van der Waals surface area contributed by atoms with Gasteiger partial charge in [-0.05, 0) is 59.8 Å². The summed E-state index contributed by atoms with van der Waals surface area (Å²) in [5.41, 5.74) is 1.57. The Labute approximate surface area is 202 Å². The zero-order chi connectivity index (χ0) is 22.7. The molecule has 0 atom stereocenters. The Kier molecular flexibility index (Phi) is 6.79. The van der Waals surface area contributed by atoms with Gasteiger partial charge in [-0.25, -0.2) is 4.79 Å². The van der Waals surface area contributed by atoms with Gasteiger partial charge in [0.15, 0.2) is 0 Å². The molecule has 0 N–H and O–H groups in total. The van der Waals surface area contributed by atoms with Crippen LogP contribution in [0.1, 0.15) is 21.5 Å². The Morgan fingerprint density at radius 1 is 1.03 bits per heavy atom. The molecule has 1 heterocycles. The molecule has 8 heteroatoms. The fourth-order valence-electron chi connectivity index (χ4n) is 3.03. The fraction of sp³-hybridized carbons (Fsp3) is 0.0417. The standard InChI is InChI=1S/C24H15BrClNO4S/c25-18-10-11-20(31-23(29)15-6-2-1-3-7-15)17(12-18)13-21-22(28)27(24(30)32-21)14-16-8-4-5-9-19(16)26/h1-13H,14H2/b21-13-. The average Bonchev–Trinajstić information content (AvgIpc) is 3.05. The van der Waals surface area contributed by atoms with Gasteiger partial charge in [0, 0.05) is 15.1 Å². The zero-order valence-corrected chi connectivity index (χ0v) is 19.6. The van der Waals surface area contributed by atoms with Crippen molar-refractivity contribution in [2.24, 2.45) is 0 Å². The number of carbonyl (C=O) groups excluding carboxylic acids is 3. The van der Waals surface area contributed by atoms with Gasteiger partial charge >= 0.3 is 5.97 Å². The van der Waals surface area contributed by atoms with Crippen LogP contribution >= 0.6 is 39.3 Å². The molecule has 32 heavy (non-hydrogen) atoms. The molecule has 0 aliphatic carbocycles. The molecular formula is C24H15BrClNO4S. The highest BCUT2D eigenvalue weighted by Gasteiger charge is 2.35.